The highest BCUT2D eigenvalue weighted by Crippen LogP contribution is 2.42. The Bertz CT molecular complexity index is 681. The van der Waals surface area contributed by atoms with Gasteiger partial charge in [-0.3, -0.25) is 0 Å². The molecule has 0 saturated heterocycles. The SMILES string of the molecule is CCc1nc(-c2cc(Br)c3c(c2)OCO3)nc(NN)c1C. The molecule has 0 amide bonds. The van der Waals surface area contributed by atoms with E-state index >= 15 is 0 Å². The van der Waals surface area contributed by atoms with Crippen LogP contribution in [0.4, 0.5) is 5.82 Å². The van der Waals surface area contributed by atoms with Crippen molar-refractivity contribution in [2.24, 2.45) is 5.84 Å². The van der Waals surface area contributed by atoms with E-state index in [-0.39, 0.29) is 6.79 Å². The topological polar surface area (TPSA) is 82.3 Å². The van der Waals surface area contributed by atoms with Crippen molar-refractivity contribution >= 4 is 21.7 Å². The number of fused-ring (bicyclic) bond motifs is 1. The van der Waals surface area contributed by atoms with Gasteiger partial charge in [0.1, 0.15) is 5.82 Å². The van der Waals surface area contributed by atoms with Gasteiger partial charge in [-0.05, 0) is 41.4 Å². The van der Waals surface area contributed by atoms with E-state index in [0.717, 1.165) is 27.7 Å². The van der Waals surface area contributed by atoms with Crippen molar-refractivity contribution in [3.8, 4) is 22.9 Å². The van der Waals surface area contributed by atoms with Crippen LogP contribution in [0.2, 0.25) is 0 Å². The normalized spacial score (nSPS) is 12.6. The first-order chi connectivity index (χ1) is 10.1. The zero-order valence-electron chi connectivity index (χ0n) is 11.7. The summed E-state index contributed by atoms with van der Waals surface area (Å²) in [5.74, 6) is 8.17. The minimum atomic E-state index is 0.224. The number of halogens is 1. The molecule has 21 heavy (non-hydrogen) atoms. The lowest BCUT2D eigenvalue weighted by atomic mass is 10.1. The molecular formula is C14H15BrN4O2. The van der Waals surface area contributed by atoms with E-state index in [2.05, 4.69) is 38.2 Å². The monoisotopic (exact) mass is 350 g/mol. The van der Waals surface area contributed by atoms with E-state index < -0.39 is 0 Å². The highest BCUT2D eigenvalue weighted by molar-refractivity contribution is 9.10. The van der Waals surface area contributed by atoms with E-state index in [0.29, 0.717) is 23.1 Å². The van der Waals surface area contributed by atoms with Gasteiger partial charge in [0.25, 0.3) is 0 Å². The Morgan fingerprint density at radius 2 is 2.14 bits per heavy atom. The molecule has 1 aliphatic heterocycles. The van der Waals surface area contributed by atoms with Crippen molar-refractivity contribution < 1.29 is 9.47 Å². The van der Waals surface area contributed by atoms with Crippen molar-refractivity contribution in [3.63, 3.8) is 0 Å². The van der Waals surface area contributed by atoms with Gasteiger partial charge in [0, 0.05) is 16.8 Å². The zero-order valence-corrected chi connectivity index (χ0v) is 13.3. The Labute approximate surface area is 130 Å². The number of aryl methyl sites for hydroxylation is 1. The maximum Gasteiger partial charge on any atom is 0.231 e. The van der Waals surface area contributed by atoms with Crippen LogP contribution in [0, 0.1) is 6.92 Å². The largest absolute Gasteiger partial charge is 0.454 e. The van der Waals surface area contributed by atoms with Crippen LogP contribution in [0.5, 0.6) is 11.5 Å². The molecule has 0 bridgehead atoms. The van der Waals surface area contributed by atoms with Crippen molar-refractivity contribution in [1.29, 1.82) is 0 Å². The molecule has 0 fully saturated rings. The lowest BCUT2D eigenvalue weighted by Gasteiger charge is -2.11. The molecule has 0 radical (unpaired) electrons. The number of nitrogens with two attached hydrogens (primary N) is 1. The standard InChI is InChI=1S/C14H15BrN4O2/c1-3-10-7(2)13(19-16)18-14(17-10)8-4-9(15)12-11(5-8)20-6-21-12/h4-5H,3,6,16H2,1-2H3,(H,17,18,19). The zero-order chi connectivity index (χ0) is 15.0. The number of hydrazine groups is 1. The second-order valence-electron chi connectivity index (χ2n) is 4.66. The maximum absolute atomic E-state index is 5.55. The molecule has 0 unspecified atom stereocenters. The second-order valence-corrected chi connectivity index (χ2v) is 5.51. The van der Waals surface area contributed by atoms with Gasteiger partial charge in [-0.25, -0.2) is 15.8 Å². The van der Waals surface area contributed by atoms with Gasteiger partial charge in [-0.2, -0.15) is 0 Å². The van der Waals surface area contributed by atoms with Crippen LogP contribution in [0.1, 0.15) is 18.2 Å². The van der Waals surface area contributed by atoms with Crippen LogP contribution in [0.3, 0.4) is 0 Å². The quantitative estimate of drug-likeness (QED) is 0.654. The van der Waals surface area contributed by atoms with Gasteiger partial charge in [0.05, 0.1) is 4.47 Å². The van der Waals surface area contributed by atoms with Crippen molar-refractivity contribution in [2.45, 2.75) is 20.3 Å². The number of anilines is 1. The van der Waals surface area contributed by atoms with E-state index in [1.54, 1.807) is 0 Å². The summed E-state index contributed by atoms with van der Waals surface area (Å²) in [4.78, 5) is 9.08. The number of hydrogen-bond donors (Lipinski definition) is 2. The Hall–Kier alpha value is -1.86. The molecule has 0 atom stereocenters. The fraction of sp³-hybridized carbons (Fsp3) is 0.286. The van der Waals surface area contributed by atoms with Gasteiger partial charge in [0.2, 0.25) is 6.79 Å². The van der Waals surface area contributed by atoms with Gasteiger partial charge in [-0.15, -0.1) is 0 Å². The maximum atomic E-state index is 5.55. The molecule has 6 nitrogen and oxygen atoms in total. The summed E-state index contributed by atoms with van der Waals surface area (Å²) in [5, 5.41) is 0. The Morgan fingerprint density at radius 1 is 1.33 bits per heavy atom. The van der Waals surface area contributed by atoms with E-state index in [1.165, 1.54) is 0 Å². The van der Waals surface area contributed by atoms with Crippen LogP contribution in [0.25, 0.3) is 11.4 Å². The van der Waals surface area contributed by atoms with E-state index in [9.17, 15) is 0 Å². The first-order valence-corrected chi connectivity index (χ1v) is 7.37. The summed E-state index contributed by atoms with van der Waals surface area (Å²) in [5.41, 5.74) is 5.39. The van der Waals surface area contributed by atoms with Crippen molar-refractivity contribution in [1.82, 2.24) is 9.97 Å². The first-order valence-electron chi connectivity index (χ1n) is 6.57. The molecule has 0 aliphatic carbocycles. The molecule has 110 valence electrons. The van der Waals surface area contributed by atoms with Gasteiger partial charge < -0.3 is 14.9 Å². The third-order valence-corrected chi connectivity index (χ3v) is 3.99. The number of nitrogens with zero attached hydrogens (tertiary/aromatic N) is 2. The number of nitrogen functional groups attached to an aromatic ring is 1. The van der Waals surface area contributed by atoms with Crippen molar-refractivity contribution in [3.05, 3.63) is 27.9 Å². The second kappa shape index (κ2) is 5.50. The van der Waals surface area contributed by atoms with E-state index in [4.69, 9.17) is 15.3 Å². The third-order valence-electron chi connectivity index (χ3n) is 3.40. The molecule has 1 aromatic carbocycles. The smallest absolute Gasteiger partial charge is 0.231 e. The predicted molar refractivity (Wildman–Crippen MR) is 83.2 cm³/mol. The molecule has 1 aliphatic rings. The van der Waals surface area contributed by atoms with Gasteiger partial charge in [-0.1, -0.05) is 6.92 Å². The minimum absolute atomic E-state index is 0.224. The molecule has 3 N–H and O–H groups in total. The highest BCUT2D eigenvalue weighted by Gasteiger charge is 2.20. The molecule has 2 heterocycles. The summed E-state index contributed by atoms with van der Waals surface area (Å²) in [6, 6.07) is 3.79. The fourth-order valence-corrected chi connectivity index (χ4v) is 2.83. The summed E-state index contributed by atoms with van der Waals surface area (Å²) in [6.07, 6.45) is 0.807. The van der Waals surface area contributed by atoms with Crippen LogP contribution in [-0.4, -0.2) is 16.8 Å². The molecule has 7 heteroatoms. The lowest BCUT2D eigenvalue weighted by Crippen LogP contribution is -2.13. The molecule has 0 saturated carbocycles. The lowest BCUT2D eigenvalue weighted by molar-refractivity contribution is 0.173. The Kier molecular flexibility index (Phi) is 3.69. The summed E-state index contributed by atoms with van der Waals surface area (Å²) >= 11 is 3.48. The molecule has 2 aromatic rings. The summed E-state index contributed by atoms with van der Waals surface area (Å²) < 4.78 is 11.6. The van der Waals surface area contributed by atoms with Gasteiger partial charge in [0.15, 0.2) is 17.3 Å². The number of hydrogen-bond acceptors (Lipinski definition) is 6. The third kappa shape index (κ3) is 2.43. The molecule has 1 aromatic heterocycles. The Balaban J connectivity index is 2.14. The highest BCUT2D eigenvalue weighted by atomic mass is 79.9. The number of nitrogens with one attached hydrogen (secondary N) is 1. The van der Waals surface area contributed by atoms with Crippen LogP contribution in [0.15, 0.2) is 16.6 Å². The van der Waals surface area contributed by atoms with Gasteiger partial charge >= 0.3 is 0 Å². The predicted octanol–water partition coefficient (Wildman–Crippen LogP) is 2.79. The first kappa shape index (κ1) is 14.1. The van der Waals surface area contributed by atoms with E-state index in [1.807, 2.05) is 19.1 Å². The number of ether oxygens (including phenoxy) is 2. The summed E-state index contributed by atoms with van der Waals surface area (Å²) in [6.45, 7) is 4.23. The number of rotatable bonds is 3. The number of aromatic nitrogens is 2. The van der Waals surface area contributed by atoms with Crippen LogP contribution in [-0.2, 0) is 6.42 Å². The minimum Gasteiger partial charge on any atom is -0.454 e. The number of benzene rings is 1. The molecule has 0 spiro atoms. The Morgan fingerprint density at radius 3 is 2.86 bits per heavy atom. The van der Waals surface area contributed by atoms with Crippen LogP contribution >= 0.6 is 15.9 Å². The summed E-state index contributed by atoms with van der Waals surface area (Å²) in [7, 11) is 0. The van der Waals surface area contributed by atoms with Crippen molar-refractivity contribution in [2.75, 3.05) is 12.2 Å². The molecule has 3 rings (SSSR count). The average molecular weight is 351 g/mol. The fourth-order valence-electron chi connectivity index (χ4n) is 2.27. The average Bonchev–Trinajstić information content (AvgIpc) is 2.96. The van der Waals surface area contributed by atoms with Crippen LogP contribution < -0.4 is 20.7 Å². The molecular weight excluding hydrogens is 336 g/mol.